The summed E-state index contributed by atoms with van der Waals surface area (Å²) in [6, 6.07) is 1.55. The molecule has 92 valence electrons. The molecular weight excluding hydrogens is 196 g/mol. The molecule has 0 unspecified atom stereocenters. The van der Waals surface area contributed by atoms with Crippen molar-refractivity contribution in [2.75, 3.05) is 4.90 Å². The van der Waals surface area contributed by atoms with Gasteiger partial charge in [-0.2, -0.15) is 0 Å². The lowest BCUT2D eigenvalue weighted by Crippen LogP contribution is -2.36. The van der Waals surface area contributed by atoms with E-state index in [0.717, 1.165) is 6.42 Å². The van der Waals surface area contributed by atoms with Crippen molar-refractivity contribution in [2.24, 2.45) is 4.99 Å². The predicted molar refractivity (Wildman–Crippen MR) is 71.6 cm³/mol. The smallest absolute Gasteiger partial charge is 0.0865 e. The molecular formula is C14H26N2. The molecule has 1 rings (SSSR count). The summed E-state index contributed by atoms with van der Waals surface area (Å²) >= 11 is 0. The average Bonchev–Trinajstić information content (AvgIpc) is 2.76. The van der Waals surface area contributed by atoms with E-state index in [0.29, 0.717) is 18.1 Å². The van der Waals surface area contributed by atoms with E-state index in [-0.39, 0.29) is 0 Å². The van der Waals surface area contributed by atoms with Gasteiger partial charge >= 0.3 is 0 Å². The van der Waals surface area contributed by atoms with Crippen molar-refractivity contribution in [3.63, 3.8) is 0 Å². The maximum absolute atomic E-state index is 4.76. The van der Waals surface area contributed by atoms with Crippen LogP contribution in [-0.2, 0) is 0 Å². The van der Waals surface area contributed by atoms with Crippen LogP contribution in [0.4, 0.5) is 5.69 Å². The molecule has 0 heterocycles. The van der Waals surface area contributed by atoms with Crippen molar-refractivity contribution in [3.05, 3.63) is 10.9 Å². The van der Waals surface area contributed by atoms with Crippen molar-refractivity contribution in [1.29, 1.82) is 0 Å². The standard InChI is InChI=1S/C14H26N2/c1-8-11(6)15-13-12(7)14(13)16(9(2)3)10(4)5/h9-11H,8H2,1-7H3/b15-13-/t11-/m0/s1. The monoisotopic (exact) mass is 222 g/mol. The highest BCUT2D eigenvalue weighted by atomic mass is 15.2. The highest BCUT2D eigenvalue weighted by Gasteiger charge is 2.26. The van der Waals surface area contributed by atoms with Crippen LogP contribution in [0.5, 0.6) is 0 Å². The van der Waals surface area contributed by atoms with E-state index in [1.54, 1.807) is 0 Å². The van der Waals surface area contributed by atoms with Crippen molar-refractivity contribution in [3.8, 4) is 0 Å². The Kier molecular flexibility index (Phi) is 4.17. The van der Waals surface area contributed by atoms with Gasteiger partial charge in [0.2, 0.25) is 0 Å². The molecule has 0 fully saturated rings. The summed E-state index contributed by atoms with van der Waals surface area (Å²) < 4.78 is 0. The van der Waals surface area contributed by atoms with Crippen molar-refractivity contribution < 1.29 is 0 Å². The normalized spacial score (nSPS) is 15.4. The van der Waals surface area contributed by atoms with Gasteiger partial charge in [-0.1, -0.05) is 6.92 Å². The van der Waals surface area contributed by atoms with Gasteiger partial charge in [-0.05, 0) is 48.0 Å². The molecule has 2 heteroatoms. The van der Waals surface area contributed by atoms with E-state index >= 15 is 0 Å². The maximum atomic E-state index is 4.76. The zero-order valence-electron chi connectivity index (χ0n) is 11.8. The van der Waals surface area contributed by atoms with Crippen LogP contribution in [0.15, 0.2) is 4.99 Å². The van der Waals surface area contributed by atoms with Crippen molar-refractivity contribution in [1.82, 2.24) is 0 Å². The van der Waals surface area contributed by atoms with Gasteiger partial charge in [0.25, 0.3) is 0 Å². The first kappa shape index (κ1) is 13.3. The summed E-state index contributed by atoms with van der Waals surface area (Å²) in [5, 5.41) is 1.26. The molecule has 0 saturated heterocycles. The third kappa shape index (κ3) is 2.66. The van der Waals surface area contributed by atoms with Crippen LogP contribution in [-0.4, -0.2) is 18.1 Å². The molecule has 0 radical (unpaired) electrons. The van der Waals surface area contributed by atoms with E-state index in [9.17, 15) is 0 Å². The first-order valence-electron chi connectivity index (χ1n) is 6.47. The lowest BCUT2D eigenvalue weighted by Gasteiger charge is -2.29. The Morgan fingerprint density at radius 2 is 1.56 bits per heavy atom. The molecule has 0 aliphatic carbocycles. The Labute approximate surface area is 100 Å². The summed E-state index contributed by atoms with van der Waals surface area (Å²) in [7, 11) is 0. The first-order chi connectivity index (χ1) is 7.40. The fourth-order valence-corrected chi connectivity index (χ4v) is 2.15. The molecule has 0 saturated carbocycles. The minimum Gasteiger partial charge on any atom is -0.365 e. The number of hydrogen-bond acceptors (Lipinski definition) is 2. The van der Waals surface area contributed by atoms with Gasteiger partial charge in [0, 0.05) is 23.7 Å². The van der Waals surface area contributed by atoms with E-state index in [1.165, 1.54) is 16.6 Å². The van der Waals surface area contributed by atoms with Crippen LogP contribution < -0.4 is 10.3 Å². The second-order valence-corrected chi connectivity index (χ2v) is 5.30. The van der Waals surface area contributed by atoms with Crippen LogP contribution in [0.25, 0.3) is 0 Å². The molecule has 2 nitrogen and oxygen atoms in total. The lowest BCUT2D eigenvalue weighted by atomic mass is 10.2. The maximum Gasteiger partial charge on any atom is 0.0865 e. The predicted octanol–water partition coefficient (Wildman–Crippen LogP) is 3.19. The number of anilines is 1. The van der Waals surface area contributed by atoms with Gasteiger partial charge in [-0.25, -0.2) is 0 Å². The van der Waals surface area contributed by atoms with Crippen molar-refractivity contribution in [2.45, 2.75) is 73.0 Å². The SMILES string of the molecule is CC[C@H](C)/N=c1/c(C)c1N(C(C)C)C(C)C. The summed E-state index contributed by atoms with van der Waals surface area (Å²) in [4.78, 5) is 7.22. The first-order valence-corrected chi connectivity index (χ1v) is 6.47. The topological polar surface area (TPSA) is 15.6 Å². The van der Waals surface area contributed by atoms with Gasteiger partial charge in [-0.3, -0.25) is 4.99 Å². The zero-order chi connectivity index (χ0) is 12.5. The molecule has 0 N–H and O–H groups in total. The molecule has 16 heavy (non-hydrogen) atoms. The Morgan fingerprint density at radius 3 is 1.94 bits per heavy atom. The van der Waals surface area contributed by atoms with Crippen LogP contribution in [0.3, 0.4) is 0 Å². The Hall–Kier alpha value is -0.790. The molecule has 1 atom stereocenters. The molecule has 0 aromatic heterocycles. The molecule has 0 aliphatic rings. The van der Waals surface area contributed by atoms with E-state index in [4.69, 9.17) is 4.99 Å². The largest absolute Gasteiger partial charge is 0.365 e. The van der Waals surface area contributed by atoms with Gasteiger partial charge in [0.05, 0.1) is 11.0 Å². The third-order valence-electron chi connectivity index (χ3n) is 3.18. The minimum atomic E-state index is 0.448. The molecule has 1 aromatic carbocycles. The van der Waals surface area contributed by atoms with Crippen LogP contribution in [0, 0.1) is 6.92 Å². The highest BCUT2D eigenvalue weighted by molar-refractivity contribution is 5.65. The van der Waals surface area contributed by atoms with Gasteiger partial charge < -0.3 is 4.90 Å². The van der Waals surface area contributed by atoms with E-state index < -0.39 is 0 Å². The second-order valence-electron chi connectivity index (χ2n) is 5.30. The van der Waals surface area contributed by atoms with Crippen LogP contribution >= 0.6 is 0 Å². The fraction of sp³-hybridized carbons (Fsp3) is 0.786. The van der Waals surface area contributed by atoms with Crippen LogP contribution in [0.1, 0.15) is 53.5 Å². The lowest BCUT2D eigenvalue weighted by molar-refractivity contribution is 0.610. The highest BCUT2D eigenvalue weighted by Crippen LogP contribution is 2.26. The Balaban J connectivity index is 2.93. The number of hydrogen-bond donors (Lipinski definition) is 0. The summed E-state index contributed by atoms with van der Waals surface area (Å²) in [6.07, 6.45) is 1.12. The summed E-state index contributed by atoms with van der Waals surface area (Å²) in [5.41, 5.74) is 2.79. The fourth-order valence-electron chi connectivity index (χ4n) is 2.15. The van der Waals surface area contributed by atoms with Gasteiger partial charge in [-0.15, -0.1) is 0 Å². The molecule has 0 bridgehead atoms. The minimum absolute atomic E-state index is 0.448. The summed E-state index contributed by atoms with van der Waals surface area (Å²) in [5.74, 6) is 0. The second kappa shape index (κ2) is 5.03. The molecule has 1 aromatic rings. The van der Waals surface area contributed by atoms with Gasteiger partial charge in [0.1, 0.15) is 0 Å². The number of nitrogens with zero attached hydrogens (tertiary/aromatic N) is 2. The summed E-state index contributed by atoms with van der Waals surface area (Å²) in [6.45, 7) is 15.6. The van der Waals surface area contributed by atoms with E-state index in [2.05, 4.69) is 53.4 Å². The van der Waals surface area contributed by atoms with E-state index in [1.807, 2.05) is 0 Å². The molecule has 0 amide bonds. The molecule has 0 aliphatic heterocycles. The zero-order valence-corrected chi connectivity index (χ0v) is 11.8. The molecule has 0 spiro atoms. The van der Waals surface area contributed by atoms with Gasteiger partial charge in [0.15, 0.2) is 0 Å². The quantitative estimate of drug-likeness (QED) is 0.747. The number of rotatable bonds is 5. The van der Waals surface area contributed by atoms with Crippen molar-refractivity contribution >= 4 is 5.69 Å². The third-order valence-corrected chi connectivity index (χ3v) is 3.18. The average molecular weight is 222 g/mol. The Bertz CT molecular complexity index is 346. The Morgan fingerprint density at radius 1 is 1.06 bits per heavy atom. The van der Waals surface area contributed by atoms with Crippen LogP contribution in [0.2, 0.25) is 0 Å².